The van der Waals surface area contributed by atoms with Crippen LogP contribution in [-0.4, -0.2) is 34.3 Å². The normalized spacial score (nSPS) is 16.5. The minimum Gasteiger partial charge on any atom is -0.480 e. The first kappa shape index (κ1) is 10.4. The topological polar surface area (TPSA) is 74.7 Å². The van der Waals surface area contributed by atoms with E-state index in [1.165, 1.54) is 6.08 Å². The van der Waals surface area contributed by atoms with Crippen LogP contribution in [0.2, 0.25) is 0 Å². The van der Waals surface area contributed by atoms with Gasteiger partial charge in [-0.2, -0.15) is 0 Å². The Hall–Kier alpha value is -1.65. The SMILES string of the molecule is CC(C)C1=CC(=O)N(CC(=O)O)C1=O. The maximum absolute atomic E-state index is 11.5. The number of aliphatic carboxylic acids is 1. The van der Waals surface area contributed by atoms with Crippen LogP contribution in [0.4, 0.5) is 0 Å². The zero-order valence-corrected chi connectivity index (χ0v) is 7.98. The van der Waals surface area contributed by atoms with Gasteiger partial charge in [-0.3, -0.25) is 19.3 Å². The van der Waals surface area contributed by atoms with Crippen LogP contribution in [-0.2, 0) is 14.4 Å². The molecule has 5 nitrogen and oxygen atoms in total. The second-order valence-electron chi connectivity index (χ2n) is 3.38. The van der Waals surface area contributed by atoms with E-state index in [9.17, 15) is 14.4 Å². The molecule has 2 amide bonds. The van der Waals surface area contributed by atoms with Crippen molar-refractivity contribution in [3.8, 4) is 0 Å². The molecule has 5 heteroatoms. The van der Waals surface area contributed by atoms with E-state index in [-0.39, 0.29) is 5.92 Å². The van der Waals surface area contributed by atoms with Crippen LogP contribution in [0.25, 0.3) is 0 Å². The van der Waals surface area contributed by atoms with E-state index < -0.39 is 24.3 Å². The van der Waals surface area contributed by atoms with E-state index in [1.54, 1.807) is 13.8 Å². The number of hydrogen-bond acceptors (Lipinski definition) is 3. The number of nitrogens with zero attached hydrogens (tertiary/aromatic N) is 1. The van der Waals surface area contributed by atoms with Crippen LogP contribution in [0.5, 0.6) is 0 Å². The average Bonchev–Trinajstić information content (AvgIpc) is 2.31. The molecule has 0 atom stereocenters. The third-order valence-electron chi connectivity index (χ3n) is 1.95. The van der Waals surface area contributed by atoms with Crippen molar-refractivity contribution >= 4 is 17.8 Å². The second-order valence-corrected chi connectivity index (χ2v) is 3.38. The Morgan fingerprint density at radius 1 is 1.50 bits per heavy atom. The Morgan fingerprint density at radius 3 is 2.43 bits per heavy atom. The van der Waals surface area contributed by atoms with Gasteiger partial charge in [0.2, 0.25) is 0 Å². The predicted molar refractivity (Wildman–Crippen MR) is 47.3 cm³/mol. The lowest BCUT2D eigenvalue weighted by Gasteiger charge is -2.12. The number of carbonyl (C=O) groups excluding carboxylic acids is 2. The molecule has 0 aromatic rings. The molecule has 0 saturated heterocycles. The molecule has 1 rings (SSSR count). The molecule has 0 fully saturated rings. The largest absolute Gasteiger partial charge is 0.480 e. The molecule has 0 unspecified atom stereocenters. The lowest BCUT2D eigenvalue weighted by molar-refractivity contribution is -0.147. The van der Waals surface area contributed by atoms with Gasteiger partial charge in [-0.25, -0.2) is 0 Å². The van der Waals surface area contributed by atoms with Gasteiger partial charge < -0.3 is 5.11 Å². The fourth-order valence-corrected chi connectivity index (χ4v) is 1.23. The van der Waals surface area contributed by atoms with Gasteiger partial charge in [0.25, 0.3) is 11.8 Å². The minimum absolute atomic E-state index is 0.0646. The van der Waals surface area contributed by atoms with Crippen LogP contribution >= 0.6 is 0 Å². The lowest BCUT2D eigenvalue weighted by Crippen LogP contribution is -2.36. The highest BCUT2D eigenvalue weighted by molar-refractivity contribution is 6.17. The second kappa shape index (κ2) is 3.61. The van der Waals surface area contributed by atoms with E-state index in [0.29, 0.717) is 5.57 Å². The molecule has 0 aromatic heterocycles. The molecule has 0 aliphatic carbocycles. The molecule has 0 spiro atoms. The van der Waals surface area contributed by atoms with Crippen LogP contribution in [0.1, 0.15) is 13.8 Å². The maximum atomic E-state index is 11.5. The van der Waals surface area contributed by atoms with E-state index in [1.807, 2.05) is 0 Å². The Balaban J connectivity index is 2.84. The number of amides is 2. The van der Waals surface area contributed by atoms with Gasteiger partial charge in [-0.15, -0.1) is 0 Å². The van der Waals surface area contributed by atoms with Crippen LogP contribution in [0.3, 0.4) is 0 Å². The Labute approximate surface area is 81.0 Å². The first-order valence-electron chi connectivity index (χ1n) is 4.22. The van der Waals surface area contributed by atoms with Crippen molar-refractivity contribution in [1.29, 1.82) is 0 Å². The summed E-state index contributed by atoms with van der Waals surface area (Å²) in [4.78, 5) is 33.8. The first-order chi connectivity index (χ1) is 6.43. The monoisotopic (exact) mass is 197 g/mol. The van der Waals surface area contributed by atoms with Gasteiger partial charge in [0.05, 0.1) is 0 Å². The van der Waals surface area contributed by atoms with Gasteiger partial charge >= 0.3 is 5.97 Å². The zero-order valence-electron chi connectivity index (χ0n) is 7.98. The highest BCUT2D eigenvalue weighted by Crippen LogP contribution is 2.19. The molecular formula is C9H11NO4. The van der Waals surface area contributed by atoms with E-state index in [4.69, 9.17) is 5.11 Å². The van der Waals surface area contributed by atoms with Gasteiger partial charge in [0.1, 0.15) is 6.54 Å². The molecule has 0 aromatic carbocycles. The summed E-state index contributed by atoms with van der Waals surface area (Å²) in [6.07, 6.45) is 1.20. The van der Waals surface area contributed by atoms with E-state index in [2.05, 4.69) is 0 Å². The Kier molecular flexibility index (Phi) is 2.69. The Bertz CT molecular complexity index is 330. The smallest absolute Gasteiger partial charge is 0.323 e. The van der Waals surface area contributed by atoms with Crippen molar-refractivity contribution in [2.24, 2.45) is 5.92 Å². The quantitative estimate of drug-likeness (QED) is 0.647. The van der Waals surface area contributed by atoms with Crippen molar-refractivity contribution in [1.82, 2.24) is 4.90 Å². The molecule has 0 bridgehead atoms. The summed E-state index contributed by atoms with van der Waals surface area (Å²) in [5.41, 5.74) is 0.372. The fourth-order valence-electron chi connectivity index (χ4n) is 1.23. The summed E-state index contributed by atoms with van der Waals surface area (Å²) in [5.74, 6) is -2.29. The van der Waals surface area contributed by atoms with Gasteiger partial charge in [0.15, 0.2) is 0 Å². The van der Waals surface area contributed by atoms with Crippen LogP contribution in [0.15, 0.2) is 11.6 Å². The molecule has 14 heavy (non-hydrogen) atoms. The fraction of sp³-hybridized carbons (Fsp3) is 0.444. The summed E-state index contributed by atoms with van der Waals surface area (Å²) >= 11 is 0. The molecule has 0 saturated carbocycles. The minimum atomic E-state index is -1.19. The molecule has 1 aliphatic heterocycles. The first-order valence-corrected chi connectivity index (χ1v) is 4.22. The van der Waals surface area contributed by atoms with Gasteiger partial charge in [-0.05, 0) is 5.92 Å². The Morgan fingerprint density at radius 2 is 2.07 bits per heavy atom. The predicted octanol–water partition coefficient (Wildman–Crippen LogP) is 0.0222. The highest BCUT2D eigenvalue weighted by Gasteiger charge is 2.33. The molecule has 0 radical (unpaired) electrons. The third-order valence-corrected chi connectivity index (χ3v) is 1.95. The van der Waals surface area contributed by atoms with Gasteiger partial charge in [-0.1, -0.05) is 13.8 Å². The summed E-state index contributed by atoms with van der Waals surface area (Å²) in [5, 5.41) is 8.47. The van der Waals surface area contributed by atoms with Crippen molar-refractivity contribution in [3.63, 3.8) is 0 Å². The van der Waals surface area contributed by atoms with Crippen molar-refractivity contribution in [2.45, 2.75) is 13.8 Å². The van der Waals surface area contributed by atoms with Crippen LogP contribution in [0, 0.1) is 5.92 Å². The van der Waals surface area contributed by atoms with E-state index in [0.717, 1.165) is 4.90 Å². The summed E-state index contributed by atoms with van der Waals surface area (Å²) in [7, 11) is 0. The average molecular weight is 197 g/mol. The molecule has 1 N–H and O–H groups in total. The number of carboxylic acids is 1. The van der Waals surface area contributed by atoms with Crippen LogP contribution < -0.4 is 0 Å². The molecule has 1 aliphatic rings. The lowest BCUT2D eigenvalue weighted by atomic mass is 10.0. The number of imide groups is 1. The zero-order chi connectivity index (χ0) is 10.9. The number of hydrogen-bond donors (Lipinski definition) is 1. The molecule has 76 valence electrons. The summed E-state index contributed by atoms with van der Waals surface area (Å²) in [6.45, 7) is 2.99. The van der Waals surface area contributed by atoms with E-state index >= 15 is 0 Å². The van der Waals surface area contributed by atoms with Crippen molar-refractivity contribution < 1.29 is 19.5 Å². The van der Waals surface area contributed by atoms with Crippen molar-refractivity contribution in [3.05, 3.63) is 11.6 Å². The van der Waals surface area contributed by atoms with Crippen molar-refractivity contribution in [2.75, 3.05) is 6.54 Å². The maximum Gasteiger partial charge on any atom is 0.323 e. The summed E-state index contributed by atoms with van der Waals surface area (Å²) < 4.78 is 0. The summed E-state index contributed by atoms with van der Waals surface area (Å²) in [6, 6.07) is 0. The standard InChI is InChI=1S/C9H11NO4/c1-5(2)6-3-7(11)10(9(6)14)4-8(12)13/h3,5H,4H2,1-2H3,(H,12,13). The molecule has 1 heterocycles. The molecular weight excluding hydrogens is 186 g/mol. The number of carboxylic acid groups (broad SMARTS) is 1. The third kappa shape index (κ3) is 1.81. The van der Waals surface area contributed by atoms with Gasteiger partial charge in [0, 0.05) is 11.6 Å². The number of carbonyl (C=O) groups is 3. The number of rotatable bonds is 3. The highest BCUT2D eigenvalue weighted by atomic mass is 16.4.